The van der Waals surface area contributed by atoms with Crippen LogP contribution in [0, 0.1) is 12.3 Å². The summed E-state index contributed by atoms with van der Waals surface area (Å²) in [6.07, 6.45) is 3.65. The van der Waals surface area contributed by atoms with E-state index in [4.69, 9.17) is 26.6 Å². The molecular formula is C66H79ClN11O15PS. The fourth-order valence-corrected chi connectivity index (χ4v) is 14.9. The van der Waals surface area contributed by atoms with Crippen LogP contribution >= 0.6 is 30.5 Å². The summed E-state index contributed by atoms with van der Waals surface area (Å²) in [5, 5.41) is 27.4. The number of aliphatic hydroxyl groups excluding tert-OH is 1. The molecule has 0 radical (unpaired) electrons. The summed E-state index contributed by atoms with van der Waals surface area (Å²) in [7, 11) is -5.10. The number of likely N-dealkylation sites (tertiary alicyclic amines) is 1. The number of benzene rings is 3. The molecule has 3 fully saturated rings. The van der Waals surface area contributed by atoms with Crippen LogP contribution in [0.2, 0.25) is 5.02 Å². The highest BCUT2D eigenvalue weighted by Crippen LogP contribution is 2.48. The van der Waals surface area contributed by atoms with Gasteiger partial charge in [-0.3, -0.25) is 47.7 Å². The average Bonchev–Trinajstić information content (AvgIpc) is 1.70. The highest BCUT2D eigenvalue weighted by atomic mass is 35.5. The largest absolute Gasteiger partial charge is 0.490 e. The van der Waals surface area contributed by atoms with Gasteiger partial charge >= 0.3 is 7.60 Å². The molecule has 3 aromatic heterocycles. The minimum atomic E-state index is -5.10. The molecule has 0 saturated carbocycles. The molecule has 8 atom stereocenters. The van der Waals surface area contributed by atoms with E-state index in [0.717, 1.165) is 27.3 Å². The third kappa shape index (κ3) is 15.8. The van der Waals surface area contributed by atoms with Crippen molar-refractivity contribution >= 4 is 94.2 Å². The zero-order valence-electron chi connectivity index (χ0n) is 53.4. The number of hydrogen-bond acceptors (Lipinski definition) is 16. The summed E-state index contributed by atoms with van der Waals surface area (Å²) >= 11 is 8.49. The van der Waals surface area contributed by atoms with E-state index in [0.29, 0.717) is 79.8 Å². The number of nitrogens with one attached hydrogen (secondary N) is 5. The Morgan fingerprint density at radius 1 is 0.947 bits per heavy atom. The van der Waals surface area contributed by atoms with Gasteiger partial charge in [-0.1, -0.05) is 73.4 Å². The number of amides is 8. The molecule has 3 aromatic carbocycles. The number of thiazole rings is 1. The number of carbonyl (C=O) groups excluding carboxylic acids is 9. The second-order valence-corrected chi connectivity index (χ2v) is 28.5. The highest BCUT2D eigenvalue weighted by molar-refractivity contribution is 7.70. The molecular weight excluding hydrogens is 1290 g/mol. The number of nitrogens with two attached hydrogens (primary N) is 1. The fourth-order valence-electron chi connectivity index (χ4n) is 13.3. The number of ether oxygens (including phenoxy) is 1. The number of unbranched alkanes of at least 4 members (excludes halogenated alkanes) is 2. The molecule has 26 nitrogen and oxygen atoms in total. The van der Waals surface area contributed by atoms with Gasteiger partial charge in [0.1, 0.15) is 42.1 Å². The van der Waals surface area contributed by atoms with Gasteiger partial charge in [0.2, 0.25) is 35.4 Å². The maximum absolute atomic E-state index is 14.7. The van der Waals surface area contributed by atoms with Crippen molar-refractivity contribution in [2.45, 2.75) is 160 Å². The van der Waals surface area contributed by atoms with Gasteiger partial charge in [-0.15, -0.1) is 11.3 Å². The van der Waals surface area contributed by atoms with E-state index in [-0.39, 0.29) is 104 Å². The molecule has 0 unspecified atom stereocenters. The summed E-state index contributed by atoms with van der Waals surface area (Å²) in [4.78, 5) is 154. The van der Waals surface area contributed by atoms with E-state index in [1.807, 2.05) is 58.0 Å². The highest BCUT2D eigenvalue weighted by Gasteiger charge is 2.51. The van der Waals surface area contributed by atoms with Gasteiger partial charge < -0.3 is 70.8 Å². The molecule has 3 saturated heterocycles. The normalized spacial score (nSPS) is 20.8. The Morgan fingerprint density at radius 2 is 1.71 bits per heavy atom. The third-order valence-corrected chi connectivity index (χ3v) is 20.8. The van der Waals surface area contributed by atoms with Crippen LogP contribution in [0.4, 0.5) is 0 Å². The number of carbonyl (C=O) groups is 9. The molecule has 3 aliphatic heterocycles. The van der Waals surface area contributed by atoms with Crippen LogP contribution in [0.15, 0.2) is 76.8 Å². The van der Waals surface area contributed by atoms with Gasteiger partial charge in [-0.25, -0.2) is 4.98 Å². The van der Waals surface area contributed by atoms with Crippen molar-refractivity contribution in [3.05, 3.63) is 122 Å². The van der Waals surface area contributed by atoms with Gasteiger partial charge in [0.05, 0.1) is 39.3 Å². The number of β-amino-alcohol motifs (C(OH)–C–C–N with tert-alkyl or cyclic N) is 1. The summed E-state index contributed by atoms with van der Waals surface area (Å²) in [5.41, 5.74) is 9.64. The van der Waals surface area contributed by atoms with E-state index in [2.05, 4.69) is 36.4 Å². The van der Waals surface area contributed by atoms with Crippen LogP contribution in [0.5, 0.6) is 5.75 Å². The summed E-state index contributed by atoms with van der Waals surface area (Å²) in [6, 6.07) is 13.5. The van der Waals surface area contributed by atoms with Gasteiger partial charge in [-0.2, -0.15) is 0 Å². The van der Waals surface area contributed by atoms with E-state index in [9.17, 15) is 62.6 Å². The van der Waals surface area contributed by atoms with E-state index >= 15 is 0 Å². The Hall–Kier alpha value is -8.33. The van der Waals surface area contributed by atoms with E-state index < -0.39 is 90.3 Å². The van der Waals surface area contributed by atoms with Crippen molar-refractivity contribution < 1.29 is 71.9 Å². The topological polar surface area (TPSA) is 379 Å². The lowest BCUT2D eigenvalue weighted by atomic mass is 9.67. The second kappa shape index (κ2) is 29.3. The van der Waals surface area contributed by atoms with Gasteiger partial charge in [0, 0.05) is 74.0 Å². The number of aromatic amines is 1. The molecule has 6 aromatic rings. The van der Waals surface area contributed by atoms with Crippen molar-refractivity contribution in [3.63, 3.8) is 0 Å². The fraction of sp³-hybridized carbons (Fsp3) is 0.470. The molecule has 0 bridgehead atoms. The smallest absolute Gasteiger partial charge is 0.396 e. The third-order valence-electron chi connectivity index (χ3n) is 18.6. The number of rotatable bonds is 24. The van der Waals surface area contributed by atoms with Crippen LogP contribution in [0.1, 0.15) is 163 Å². The first-order valence-electron chi connectivity index (χ1n) is 31.8. The molecule has 95 heavy (non-hydrogen) atoms. The maximum Gasteiger partial charge on any atom is 0.396 e. The zero-order chi connectivity index (χ0) is 68.2. The Bertz CT molecular complexity index is 3980. The first-order chi connectivity index (χ1) is 45.2. The van der Waals surface area contributed by atoms with Crippen LogP contribution in [0.25, 0.3) is 21.3 Å². The number of aryl methyl sites for hydroxylation is 2. The van der Waals surface area contributed by atoms with Gasteiger partial charge in [0.25, 0.3) is 17.3 Å². The molecule has 10 rings (SSSR count). The SMILES string of the molecule is CC(=O)N1CC[C@H]2CC[C@@H](C(=O)N[C@@H](CCC(N)=O)COc3cccc(CCCCCNC(=O)c4noc5c4CCC(C)(C)[C@H]5C(=O)N4C[C@H](O)C[C@H]4C(=O)N[C@@H](C)c4ccc(-c5scnc5C)cc4)c3Cl)N2C(=O)[C@@H](NC(=O)c2cc3cc(C(=O)P(=O)(O)O)ccc3[nH]2)C1. The lowest BCUT2D eigenvalue weighted by Crippen LogP contribution is -2.61. The van der Waals surface area contributed by atoms with E-state index in [1.165, 1.54) is 45.9 Å². The molecule has 29 heteroatoms. The monoisotopic (exact) mass is 1360 g/mol. The predicted molar refractivity (Wildman–Crippen MR) is 350 cm³/mol. The van der Waals surface area contributed by atoms with Crippen LogP contribution in [0.3, 0.4) is 0 Å². The summed E-state index contributed by atoms with van der Waals surface area (Å²) < 4.78 is 23.7. The lowest BCUT2D eigenvalue weighted by Gasteiger charge is -2.39. The standard InChI is InChI=1S/C66H79ClN11O15PS/c1-35(38-13-15-40(16-14-38)58-36(2)70-34-95-58)71-61(84)51-30-45(80)31-77(51)64(87)54-57-46(23-25-66(54,4)5)56(75-93-57)62(85)69-26-8-6-7-10-39-11-9-12-52(55(39)67)92-33-43(18-22-53(68)81)72-60(83)50-21-19-44-24-27-76(37(3)79)32-49(63(86)78(44)50)74-59(82)48-29-42-28-41(17-20-47(42)73-48)65(88)94(89,90)91/h9,11-17,20,28-29,34-35,43-45,49-51,54,73,80H,6-8,10,18-19,21-27,30-33H2,1-5H3,(H2,68,81)(H,69,85)(H,71,84)(H,72,83)(H,74,82)(H2,89,90,91)/t35-,43-,44+,45+,49-,50-,51-,54+/m0/s1. The first-order valence-corrected chi connectivity index (χ1v) is 34.7. The lowest BCUT2D eigenvalue weighted by molar-refractivity contribution is -0.145. The first kappa shape index (κ1) is 69.5. The van der Waals surface area contributed by atoms with Crippen molar-refractivity contribution in [2.75, 3.05) is 32.8 Å². The summed E-state index contributed by atoms with van der Waals surface area (Å²) in [5.74, 6) is -4.33. The predicted octanol–water partition coefficient (Wildman–Crippen LogP) is 6.14. The Kier molecular flexibility index (Phi) is 21.5. The molecule has 6 heterocycles. The van der Waals surface area contributed by atoms with E-state index in [1.54, 1.807) is 29.0 Å². The van der Waals surface area contributed by atoms with Gasteiger partial charge in [0.15, 0.2) is 11.5 Å². The Labute approximate surface area is 556 Å². The quantitative estimate of drug-likeness (QED) is 0.0243. The zero-order valence-corrected chi connectivity index (χ0v) is 55.8. The minimum absolute atomic E-state index is 0.0392. The minimum Gasteiger partial charge on any atom is -0.490 e. The Morgan fingerprint density at radius 3 is 2.42 bits per heavy atom. The summed E-state index contributed by atoms with van der Waals surface area (Å²) in [6.45, 7) is 9.23. The molecule has 4 aliphatic rings. The number of halogens is 1. The number of nitrogens with zero attached hydrogens (tertiary/aromatic N) is 5. The molecule has 506 valence electrons. The molecule has 1 aliphatic carbocycles. The number of aromatic nitrogens is 3. The number of hydrogen-bond donors (Lipinski definition) is 9. The average molecular weight is 1360 g/mol. The van der Waals surface area contributed by atoms with Crippen molar-refractivity contribution in [1.82, 2.24) is 51.1 Å². The van der Waals surface area contributed by atoms with Crippen molar-refractivity contribution in [1.29, 1.82) is 0 Å². The van der Waals surface area contributed by atoms with Crippen LogP contribution in [-0.4, -0.2) is 167 Å². The molecule has 10 N–H and O–H groups in total. The van der Waals surface area contributed by atoms with Crippen LogP contribution in [-0.2, 0) is 46.2 Å². The number of fused-ring (bicyclic) bond motifs is 3. The molecule has 0 spiro atoms. The van der Waals surface area contributed by atoms with Crippen LogP contribution < -0.4 is 31.7 Å². The van der Waals surface area contributed by atoms with Crippen molar-refractivity contribution in [3.8, 4) is 16.2 Å². The maximum atomic E-state index is 14.7. The number of aliphatic hydroxyl groups is 1. The Balaban J connectivity index is 0.711. The van der Waals surface area contributed by atoms with Crippen molar-refractivity contribution in [2.24, 2.45) is 11.1 Å². The second-order valence-electron chi connectivity index (χ2n) is 25.7. The number of H-pyrrole nitrogens is 1. The number of primary amides is 1. The molecule has 8 amide bonds. The van der Waals surface area contributed by atoms with Gasteiger partial charge in [-0.05, 0) is 124 Å².